The van der Waals surface area contributed by atoms with E-state index in [-0.39, 0.29) is 11.4 Å². The highest BCUT2D eigenvalue weighted by Gasteiger charge is 2.34. The molecule has 0 aromatic heterocycles. The number of halogens is 1. The van der Waals surface area contributed by atoms with Gasteiger partial charge in [-0.25, -0.2) is 8.42 Å². The van der Waals surface area contributed by atoms with E-state index in [0.29, 0.717) is 30.2 Å². The summed E-state index contributed by atoms with van der Waals surface area (Å²) < 4.78 is 32.3. The zero-order chi connectivity index (χ0) is 18.7. The molecule has 0 saturated carbocycles. The van der Waals surface area contributed by atoms with Crippen LogP contribution in [0.4, 0.5) is 0 Å². The first kappa shape index (κ1) is 18.9. The van der Waals surface area contributed by atoms with E-state index < -0.39 is 21.9 Å². The van der Waals surface area contributed by atoms with Crippen LogP contribution in [0.1, 0.15) is 18.4 Å². The van der Waals surface area contributed by atoms with Gasteiger partial charge in [-0.1, -0.05) is 35.9 Å². The Kier molecular flexibility index (Phi) is 5.65. The van der Waals surface area contributed by atoms with Crippen molar-refractivity contribution >= 4 is 27.6 Å². The summed E-state index contributed by atoms with van der Waals surface area (Å²) in [6.07, 6.45) is 1.19. The summed E-state index contributed by atoms with van der Waals surface area (Å²) >= 11 is 6.08. The van der Waals surface area contributed by atoms with Crippen LogP contribution in [0.2, 0.25) is 5.02 Å². The lowest BCUT2D eigenvalue weighted by Gasteiger charge is -2.30. The van der Waals surface area contributed by atoms with Gasteiger partial charge in [-0.3, -0.25) is 4.79 Å². The van der Waals surface area contributed by atoms with Crippen LogP contribution in [0, 0.1) is 12.8 Å². The fraction of sp³-hybridized carbons (Fsp3) is 0.316. The zero-order valence-electron chi connectivity index (χ0n) is 14.4. The Labute approximate surface area is 158 Å². The van der Waals surface area contributed by atoms with E-state index in [2.05, 4.69) is 0 Å². The fourth-order valence-corrected chi connectivity index (χ4v) is 4.68. The van der Waals surface area contributed by atoms with E-state index in [1.165, 1.54) is 4.31 Å². The number of aryl methyl sites for hydroxylation is 1. The van der Waals surface area contributed by atoms with Gasteiger partial charge in [0.05, 0.1) is 15.8 Å². The maximum atomic E-state index is 12.8. The molecule has 3 rings (SSSR count). The molecule has 5 nitrogen and oxygen atoms in total. The number of ether oxygens (including phenoxy) is 1. The molecule has 1 saturated heterocycles. The normalized spacial score (nSPS) is 18.5. The SMILES string of the molecule is Cc1ccc(Cl)c(OC(=O)C2CCCN(S(=O)(=O)c3ccccc3)C2)c1. The van der Waals surface area contributed by atoms with Gasteiger partial charge in [0.15, 0.2) is 0 Å². The van der Waals surface area contributed by atoms with Gasteiger partial charge in [0.1, 0.15) is 5.75 Å². The van der Waals surface area contributed by atoms with Crippen LogP contribution in [-0.2, 0) is 14.8 Å². The van der Waals surface area contributed by atoms with Gasteiger partial charge in [-0.15, -0.1) is 0 Å². The third kappa shape index (κ3) is 4.09. The van der Waals surface area contributed by atoms with Crippen molar-refractivity contribution in [3.05, 3.63) is 59.1 Å². The Bertz CT molecular complexity index is 899. The third-order valence-corrected chi connectivity index (χ3v) is 6.59. The van der Waals surface area contributed by atoms with Crippen molar-refractivity contribution in [2.45, 2.75) is 24.7 Å². The number of hydrogen-bond donors (Lipinski definition) is 0. The van der Waals surface area contributed by atoms with Crippen molar-refractivity contribution < 1.29 is 17.9 Å². The summed E-state index contributed by atoms with van der Waals surface area (Å²) in [4.78, 5) is 12.8. The number of carbonyl (C=O) groups is 1. The lowest BCUT2D eigenvalue weighted by molar-refractivity contribution is -0.140. The van der Waals surface area contributed by atoms with Crippen molar-refractivity contribution in [3.63, 3.8) is 0 Å². The van der Waals surface area contributed by atoms with E-state index in [0.717, 1.165) is 5.56 Å². The molecule has 0 radical (unpaired) electrons. The van der Waals surface area contributed by atoms with Gasteiger partial charge in [0, 0.05) is 13.1 Å². The first-order valence-electron chi connectivity index (χ1n) is 8.41. The molecule has 26 heavy (non-hydrogen) atoms. The molecule has 0 amide bonds. The highest BCUT2D eigenvalue weighted by atomic mass is 35.5. The average Bonchev–Trinajstić information content (AvgIpc) is 2.65. The standard InChI is InChI=1S/C19H20ClNO4S/c1-14-9-10-17(20)18(12-14)25-19(22)15-6-5-11-21(13-15)26(23,24)16-7-3-2-4-8-16/h2-4,7-10,12,15H,5-6,11,13H2,1H3. The molecule has 0 N–H and O–H groups in total. The topological polar surface area (TPSA) is 63.7 Å². The molecule has 2 aromatic carbocycles. The van der Waals surface area contributed by atoms with Crippen LogP contribution in [0.15, 0.2) is 53.4 Å². The molecule has 1 fully saturated rings. The average molecular weight is 394 g/mol. The first-order valence-corrected chi connectivity index (χ1v) is 10.2. The lowest BCUT2D eigenvalue weighted by atomic mass is 10.00. The predicted octanol–water partition coefficient (Wildman–Crippen LogP) is 3.65. The van der Waals surface area contributed by atoms with Crippen molar-refractivity contribution in [2.24, 2.45) is 5.92 Å². The Morgan fingerprint density at radius 2 is 1.92 bits per heavy atom. The number of esters is 1. The Morgan fingerprint density at radius 3 is 2.65 bits per heavy atom. The lowest BCUT2D eigenvalue weighted by Crippen LogP contribution is -2.43. The predicted molar refractivity (Wildman–Crippen MR) is 99.7 cm³/mol. The molecule has 1 heterocycles. The largest absolute Gasteiger partial charge is 0.425 e. The number of carbonyl (C=O) groups excluding carboxylic acids is 1. The first-order chi connectivity index (χ1) is 12.4. The molecule has 1 aliphatic rings. The molecule has 0 spiro atoms. The van der Waals surface area contributed by atoms with Gasteiger partial charge in [0.25, 0.3) is 0 Å². The molecule has 1 atom stereocenters. The minimum Gasteiger partial charge on any atom is -0.425 e. The van der Waals surface area contributed by atoms with Crippen molar-refractivity contribution in [2.75, 3.05) is 13.1 Å². The summed E-state index contributed by atoms with van der Waals surface area (Å²) in [5.41, 5.74) is 0.925. The number of nitrogens with zero attached hydrogens (tertiary/aromatic N) is 1. The van der Waals surface area contributed by atoms with E-state index >= 15 is 0 Å². The van der Waals surface area contributed by atoms with E-state index in [9.17, 15) is 13.2 Å². The number of rotatable bonds is 4. The van der Waals surface area contributed by atoms with Crippen LogP contribution < -0.4 is 4.74 Å². The maximum Gasteiger partial charge on any atom is 0.315 e. The second-order valence-corrected chi connectivity index (χ2v) is 8.72. The van der Waals surface area contributed by atoms with Crippen LogP contribution >= 0.6 is 11.6 Å². The Balaban J connectivity index is 1.74. The van der Waals surface area contributed by atoms with E-state index in [1.807, 2.05) is 13.0 Å². The Morgan fingerprint density at radius 1 is 1.19 bits per heavy atom. The summed E-state index contributed by atoms with van der Waals surface area (Å²) in [5, 5.41) is 0.355. The van der Waals surface area contributed by atoms with Crippen molar-refractivity contribution in [1.82, 2.24) is 4.31 Å². The third-order valence-electron chi connectivity index (χ3n) is 4.40. The van der Waals surface area contributed by atoms with E-state index in [4.69, 9.17) is 16.3 Å². The molecular formula is C19H20ClNO4S. The zero-order valence-corrected chi connectivity index (χ0v) is 16.0. The summed E-state index contributed by atoms with van der Waals surface area (Å²) in [7, 11) is -3.62. The van der Waals surface area contributed by atoms with Gasteiger partial charge in [-0.05, 0) is 49.6 Å². The molecule has 0 aliphatic carbocycles. The monoisotopic (exact) mass is 393 g/mol. The molecule has 1 aliphatic heterocycles. The molecule has 2 aromatic rings. The number of sulfonamides is 1. The fourth-order valence-electron chi connectivity index (χ4n) is 2.98. The maximum absolute atomic E-state index is 12.8. The summed E-state index contributed by atoms with van der Waals surface area (Å²) in [6, 6.07) is 13.4. The molecule has 0 bridgehead atoms. The van der Waals surface area contributed by atoms with Crippen molar-refractivity contribution in [3.8, 4) is 5.75 Å². The van der Waals surface area contributed by atoms with Crippen LogP contribution in [0.5, 0.6) is 5.75 Å². The van der Waals surface area contributed by atoms with Gasteiger partial charge in [-0.2, -0.15) is 4.31 Å². The van der Waals surface area contributed by atoms with Crippen LogP contribution in [0.25, 0.3) is 0 Å². The summed E-state index contributed by atoms with van der Waals surface area (Å²) in [6.45, 7) is 2.38. The number of benzene rings is 2. The minimum absolute atomic E-state index is 0.111. The second kappa shape index (κ2) is 7.78. The smallest absolute Gasteiger partial charge is 0.315 e. The minimum atomic E-state index is -3.62. The number of piperidine rings is 1. The van der Waals surface area contributed by atoms with Crippen LogP contribution in [0.3, 0.4) is 0 Å². The molecular weight excluding hydrogens is 374 g/mol. The highest BCUT2D eigenvalue weighted by Crippen LogP contribution is 2.29. The second-order valence-electron chi connectivity index (χ2n) is 6.37. The van der Waals surface area contributed by atoms with Gasteiger partial charge >= 0.3 is 5.97 Å². The Hall–Kier alpha value is -1.89. The molecule has 1 unspecified atom stereocenters. The highest BCUT2D eigenvalue weighted by molar-refractivity contribution is 7.89. The quantitative estimate of drug-likeness (QED) is 0.587. The summed E-state index contributed by atoms with van der Waals surface area (Å²) in [5.74, 6) is -0.663. The van der Waals surface area contributed by atoms with Crippen LogP contribution in [-0.4, -0.2) is 31.8 Å². The van der Waals surface area contributed by atoms with Crippen molar-refractivity contribution in [1.29, 1.82) is 0 Å². The van der Waals surface area contributed by atoms with Gasteiger partial charge in [0.2, 0.25) is 10.0 Å². The molecule has 138 valence electrons. The van der Waals surface area contributed by atoms with Gasteiger partial charge < -0.3 is 4.74 Å². The molecule has 7 heteroatoms. The van der Waals surface area contributed by atoms with E-state index in [1.54, 1.807) is 42.5 Å². The number of hydrogen-bond acceptors (Lipinski definition) is 4.